The minimum atomic E-state index is -0.182. The lowest BCUT2D eigenvalue weighted by molar-refractivity contribution is 0.172. The Bertz CT molecular complexity index is 1340. The van der Waals surface area contributed by atoms with E-state index in [-0.39, 0.29) is 17.4 Å². The SMILES string of the molecule is Cn1ncnc1C1c2n[nH]c(=O)c3cccc(c23)NCC1c1ccc(CN2CCC2)cc1. The van der Waals surface area contributed by atoms with Gasteiger partial charge < -0.3 is 5.32 Å². The average molecular weight is 428 g/mol. The Morgan fingerprint density at radius 1 is 1.12 bits per heavy atom. The van der Waals surface area contributed by atoms with Crippen molar-refractivity contribution in [2.75, 3.05) is 25.0 Å². The van der Waals surface area contributed by atoms with E-state index in [1.165, 1.54) is 30.6 Å². The first-order valence-corrected chi connectivity index (χ1v) is 11.1. The number of benzene rings is 2. The van der Waals surface area contributed by atoms with Crippen molar-refractivity contribution in [3.05, 3.63) is 81.8 Å². The van der Waals surface area contributed by atoms with Crippen LogP contribution in [-0.4, -0.2) is 49.5 Å². The molecule has 2 aliphatic rings. The highest BCUT2D eigenvalue weighted by Gasteiger charge is 2.35. The van der Waals surface area contributed by atoms with Crippen molar-refractivity contribution in [3.8, 4) is 0 Å². The van der Waals surface area contributed by atoms with E-state index in [0.29, 0.717) is 11.9 Å². The summed E-state index contributed by atoms with van der Waals surface area (Å²) in [6.07, 6.45) is 2.88. The van der Waals surface area contributed by atoms with Gasteiger partial charge >= 0.3 is 0 Å². The Hall–Kier alpha value is -3.52. The first kappa shape index (κ1) is 19.2. The first-order chi connectivity index (χ1) is 15.7. The Morgan fingerprint density at radius 3 is 2.69 bits per heavy atom. The second-order valence-corrected chi connectivity index (χ2v) is 8.74. The van der Waals surface area contributed by atoms with Crippen LogP contribution >= 0.6 is 0 Å². The summed E-state index contributed by atoms with van der Waals surface area (Å²) in [5.41, 5.74) is 4.12. The summed E-state index contributed by atoms with van der Waals surface area (Å²) in [6, 6.07) is 14.7. The van der Waals surface area contributed by atoms with Gasteiger partial charge in [0.2, 0.25) is 0 Å². The van der Waals surface area contributed by atoms with Gasteiger partial charge in [-0.3, -0.25) is 14.4 Å². The molecule has 2 aromatic heterocycles. The van der Waals surface area contributed by atoms with E-state index in [0.717, 1.165) is 29.1 Å². The molecule has 2 N–H and O–H groups in total. The van der Waals surface area contributed by atoms with E-state index in [4.69, 9.17) is 0 Å². The molecule has 8 heteroatoms. The summed E-state index contributed by atoms with van der Waals surface area (Å²) >= 11 is 0. The van der Waals surface area contributed by atoms with E-state index in [1.54, 1.807) is 6.33 Å². The molecule has 4 heterocycles. The van der Waals surface area contributed by atoms with Gasteiger partial charge in [0.1, 0.15) is 12.2 Å². The third-order valence-electron chi connectivity index (χ3n) is 6.84. The molecule has 6 rings (SSSR count). The number of aromatic amines is 1. The second-order valence-electron chi connectivity index (χ2n) is 8.74. The third kappa shape index (κ3) is 3.10. The van der Waals surface area contributed by atoms with Gasteiger partial charge in [0.15, 0.2) is 0 Å². The number of likely N-dealkylation sites (tertiary alicyclic amines) is 1. The number of nitrogens with one attached hydrogen (secondary N) is 2. The highest BCUT2D eigenvalue weighted by atomic mass is 16.1. The lowest BCUT2D eigenvalue weighted by Crippen LogP contribution is -2.36. The molecular formula is C24H25N7O. The normalized spacial score (nSPS) is 20.5. The van der Waals surface area contributed by atoms with Crippen molar-refractivity contribution in [2.24, 2.45) is 7.05 Å². The Balaban J connectivity index is 1.48. The van der Waals surface area contributed by atoms with Crippen molar-refractivity contribution in [1.82, 2.24) is 29.9 Å². The van der Waals surface area contributed by atoms with Crippen molar-refractivity contribution >= 4 is 16.5 Å². The van der Waals surface area contributed by atoms with Crippen LogP contribution in [0.2, 0.25) is 0 Å². The maximum atomic E-state index is 12.5. The molecule has 8 nitrogen and oxygen atoms in total. The average Bonchev–Trinajstić information content (AvgIpc) is 3.13. The van der Waals surface area contributed by atoms with Crippen LogP contribution < -0.4 is 10.9 Å². The number of hydrogen-bond donors (Lipinski definition) is 2. The van der Waals surface area contributed by atoms with Crippen molar-refractivity contribution in [3.63, 3.8) is 0 Å². The summed E-state index contributed by atoms with van der Waals surface area (Å²) < 4.78 is 1.81. The number of aromatic nitrogens is 5. The van der Waals surface area contributed by atoms with Gasteiger partial charge in [-0.15, -0.1) is 0 Å². The molecule has 2 aliphatic heterocycles. The fourth-order valence-corrected chi connectivity index (χ4v) is 5.01. The Morgan fingerprint density at radius 2 is 1.97 bits per heavy atom. The molecule has 2 aromatic carbocycles. The first-order valence-electron chi connectivity index (χ1n) is 11.1. The quantitative estimate of drug-likeness (QED) is 0.520. The van der Waals surface area contributed by atoms with Gasteiger partial charge in [0.05, 0.1) is 17.0 Å². The van der Waals surface area contributed by atoms with Gasteiger partial charge in [0.25, 0.3) is 5.56 Å². The summed E-state index contributed by atoms with van der Waals surface area (Å²) in [7, 11) is 1.91. The monoisotopic (exact) mass is 427 g/mol. The Kier molecular flexibility index (Phi) is 4.53. The predicted molar refractivity (Wildman–Crippen MR) is 123 cm³/mol. The van der Waals surface area contributed by atoms with Crippen LogP contribution in [0.25, 0.3) is 10.8 Å². The van der Waals surface area contributed by atoms with Gasteiger partial charge in [-0.2, -0.15) is 10.2 Å². The number of nitrogens with zero attached hydrogens (tertiary/aromatic N) is 5. The molecule has 0 radical (unpaired) electrons. The lowest BCUT2D eigenvalue weighted by Gasteiger charge is -2.31. The van der Waals surface area contributed by atoms with Crippen LogP contribution in [0.4, 0.5) is 5.69 Å². The van der Waals surface area contributed by atoms with Gasteiger partial charge in [-0.25, -0.2) is 10.1 Å². The van der Waals surface area contributed by atoms with Crippen molar-refractivity contribution in [2.45, 2.75) is 24.8 Å². The van der Waals surface area contributed by atoms with Crippen molar-refractivity contribution in [1.29, 1.82) is 0 Å². The summed E-state index contributed by atoms with van der Waals surface area (Å²) in [4.78, 5) is 19.6. The standard InChI is InChI=1S/C24H25N7O/c1-30-23(26-14-27-30)21-18(16-8-6-15(7-9-16)13-31-10-3-11-31)12-25-19-5-2-4-17-20(19)22(21)28-29-24(17)32/h2,4-9,14,18,21,25H,3,10-13H2,1H3,(H,29,32). The second kappa shape index (κ2) is 7.56. The fraction of sp³-hybridized carbons (Fsp3) is 0.333. The maximum absolute atomic E-state index is 12.5. The summed E-state index contributed by atoms with van der Waals surface area (Å²) in [5, 5.41) is 16.7. The zero-order chi connectivity index (χ0) is 21.7. The van der Waals surface area contributed by atoms with E-state index in [1.807, 2.05) is 29.9 Å². The molecule has 2 unspecified atom stereocenters. The van der Waals surface area contributed by atoms with Crippen LogP contribution in [0.3, 0.4) is 0 Å². The van der Waals surface area contributed by atoms with Gasteiger partial charge in [0, 0.05) is 37.1 Å². The molecule has 2 atom stereocenters. The molecule has 0 saturated carbocycles. The number of rotatable bonds is 4. The van der Waals surface area contributed by atoms with E-state index < -0.39 is 0 Å². The molecule has 0 amide bonds. The topological polar surface area (TPSA) is 91.7 Å². The van der Waals surface area contributed by atoms with E-state index in [2.05, 4.69) is 54.8 Å². The van der Waals surface area contributed by atoms with Crippen LogP contribution in [0.1, 0.15) is 40.9 Å². The smallest absolute Gasteiger partial charge is 0.272 e. The lowest BCUT2D eigenvalue weighted by atomic mass is 9.82. The van der Waals surface area contributed by atoms with Gasteiger partial charge in [-0.1, -0.05) is 30.3 Å². The molecule has 1 saturated heterocycles. The third-order valence-corrected chi connectivity index (χ3v) is 6.84. The van der Waals surface area contributed by atoms with Gasteiger partial charge in [-0.05, 0) is 42.8 Å². The predicted octanol–water partition coefficient (Wildman–Crippen LogP) is 2.60. The highest BCUT2D eigenvalue weighted by Crippen LogP contribution is 2.43. The zero-order valence-corrected chi connectivity index (χ0v) is 18.0. The summed E-state index contributed by atoms with van der Waals surface area (Å²) in [6.45, 7) is 4.08. The largest absolute Gasteiger partial charge is 0.384 e. The molecule has 0 aliphatic carbocycles. The molecule has 0 spiro atoms. The molecule has 0 bridgehead atoms. The number of H-pyrrole nitrogens is 1. The number of aryl methyl sites for hydroxylation is 1. The maximum Gasteiger partial charge on any atom is 0.272 e. The van der Waals surface area contributed by atoms with Crippen LogP contribution in [-0.2, 0) is 13.6 Å². The summed E-state index contributed by atoms with van der Waals surface area (Å²) in [5.74, 6) is 0.753. The zero-order valence-electron chi connectivity index (χ0n) is 18.0. The number of hydrogen-bond acceptors (Lipinski definition) is 6. The minimum Gasteiger partial charge on any atom is -0.384 e. The van der Waals surface area contributed by atoms with E-state index in [9.17, 15) is 4.79 Å². The molecule has 32 heavy (non-hydrogen) atoms. The van der Waals surface area contributed by atoms with E-state index >= 15 is 0 Å². The van der Waals surface area contributed by atoms with Crippen molar-refractivity contribution < 1.29 is 0 Å². The molecule has 1 fully saturated rings. The molecular weight excluding hydrogens is 402 g/mol. The van der Waals surface area contributed by atoms with Crippen LogP contribution in [0, 0.1) is 0 Å². The Labute approximate surface area is 185 Å². The molecule has 4 aromatic rings. The minimum absolute atomic E-state index is 0.0740. The van der Waals surface area contributed by atoms with Crippen LogP contribution in [0.15, 0.2) is 53.6 Å². The van der Waals surface area contributed by atoms with Crippen LogP contribution in [0.5, 0.6) is 0 Å². The highest BCUT2D eigenvalue weighted by molar-refractivity contribution is 5.96. The fourth-order valence-electron chi connectivity index (χ4n) is 5.01. The molecule has 162 valence electrons. The number of anilines is 1.